The molecule has 15 heavy (non-hydrogen) atoms. The highest BCUT2D eigenvalue weighted by atomic mass is 35.5. The smallest absolute Gasteiger partial charge is 0.0672 e. The summed E-state index contributed by atoms with van der Waals surface area (Å²) in [4.78, 5) is 0. The molecule has 1 aromatic carbocycles. The van der Waals surface area contributed by atoms with Gasteiger partial charge in [-0.05, 0) is 24.5 Å². The molecule has 1 saturated carbocycles. The summed E-state index contributed by atoms with van der Waals surface area (Å²) in [5.74, 6) is 0.191. The van der Waals surface area contributed by atoms with Gasteiger partial charge in [-0.1, -0.05) is 23.7 Å². The maximum Gasteiger partial charge on any atom is 0.0672 e. The highest BCUT2D eigenvalue weighted by molar-refractivity contribution is 6.30. The monoisotopic (exact) mass is 219 g/mol. The second kappa shape index (κ2) is 4.65. The van der Waals surface area contributed by atoms with E-state index >= 15 is 0 Å². The van der Waals surface area contributed by atoms with Crippen molar-refractivity contribution in [2.24, 2.45) is 5.92 Å². The number of nitriles is 1. The van der Waals surface area contributed by atoms with Crippen molar-refractivity contribution in [2.45, 2.75) is 25.4 Å². The van der Waals surface area contributed by atoms with Crippen LogP contribution in [0.5, 0.6) is 0 Å². The van der Waals surface area contributed by atoms with Crippen LogP contribution in [0.3, 0.4) is 0 Å². The molecule has 2 rings (SSSR count). The van der Waals surface area contributed by atoms with Gasteiger partial charge in [0, 0.05) is 23.7 Å². The van der Waals surface area contributed by atoms with Gasteiger partial charge in [0.25, 0.3) is 0 Å². The molecule has 0 spiro atoms. The van der Waals surface area contributed by atoms with E-state index in [1.54, 1.807) is 0 Å². The van der Waals surface area contributed by atoms with Gasteiger partial charge in [0.2, 0.25) is 0 Å². The van der Waals surface area contributed by atoms with Crippen molar-refractivity contribution in [3.63, 3.8) is 0 Å². The Morgan fingerprint density at radius 2 is 2.47 bits per heavy atom. The van der Waals surface area contributed by atoms with E-state index in [2.05, 4.69) is 17.5 Å². The van der Waals surface area contributed by atoms with E-state index in [0.29, 0.717) is 11.1 Å². The predicted molar refractivity (Wildman–Crippen MR) is 59.3 cm³/mol. The molecule has 0 aliphatic heterocycles. The van der Waals surface area contributed by atoms with Crippen molar-refractivity contribution in [2.75, 3.05) is 0 Å². The van der Waals surface area contributed by atoms with Crippen molar-refractivity contribution < 1.29 is 0 Å². The highest BCUT2D eigenvalue weighted by Crippen LogP contribution is 2.26. The Morgan fingerprint density at radius 1 is 1.60 bits per heavy atom. The lowest BCUT2D eigenvalue weighted by atomic mass is 9.80. The molecule has 1 fully saturated rings. The summed E-state index contributed by atoms with van der Waals surface area (Å²) in [5, 5.41) is 12.8. The number of rotatable bonds is 3. The molecule has 1 N–H and O–H groups in total. The molecule has 0 heterocycles. The minimum Gasteiger partial charge on any atom is -0.309 e. The SMILES string of the molecule is N#CC1CCC1NCc1cc[c]c(Cl)c1. The zero-order valence-corrected chi connectivity index (χ0v) is 9.09. The normalized spacial score (nSPS) is 24.3. The summed E-state index contributed by atoms with van der Waals surface area (Å²) in [7, 11) is 0. The number of hydrogen-bond donors (Lipinski definition) is 1. The standard InChI is InChI=1S/C12H12ClN2/c13-11-3-1-2-9(6-11)8-15-12-5-4-10(12)7-14/h1-2,6,10,12,15H,4-5,8H2. The van der Waals surface area contributed by atoms with Gasteiger partial charge in [-0.3, -0.25) is 0 Å². The summed E-state index contributed by atoms with van der Waals surface area (Å²) in [6, 6.07) is 11.3. The van der Waals surface area contributed by atoms with Crippen molar-refractivity contribution in [1.82, 2.24) is 5.32 Å². The first-order chi connectivity index (χ1) is 7.29. The number of benzene rings is 1. The predicted octanol–water partition coefficient (Wildman–Crippen LogP) is 2.53. The lowest BCUT2D eigenvalue weighted by Gasteiger charge is -2.32. The fraction of sp³-hybridized carbons (Fsp3) is 0.417. The third-order valence-electron chi connectivity index (χ3n) is 2.84. The third kappa shape index (κ3) is 2.50. The number of nitrogens with zero attached hydrogens (tertiary/aromatic N) is 1. The lowest BCUT2D eigenvalue weighted by Crippen LogP contribution is -2.42. The zero-order valence-electron chi connectivity index (χ0n) is 8.33. The van der Waals surface area contributed by atoms with Gasteiger partial charge in [0.1, 0.15) is 0 Å². The molecule has 3 heteroatoms. The third-order valence-corrected chi connectivity index (χ3v) is 3.06. The molecule has 1 aliphatic rings. The molecular weight excluding hydrogens is 208 g/mol. The molecule has 2 nitrogen and oxygen atoms in total. The van der Waals surface area contributed by atoms with Gasteiger partial charge in [-0.2, -0.15) is 5.26 Å². The quantitative estimate of drug-likeness (QED) is 0.848. The van der Waals surface area contributed by atoms with E-state index in [1.165, 1.54) is 0 Å². The van der Waals surface area contributed by atoms with Crippen molar-refractivity contribution >= 4 is 11.6 Å². The Kier molecular flexibility index (Phi) is 3.25. The van der Waals surface area contributed by atoms with Crippen molar-refractivity contribution in [1.29, 1.82) is 5.26 Å². The molecule has 2 atom stereocenters. The second-order valence-corrected chi connectivity index (χ2v) is 4.25. The molecule has 1 aliphatic carbocycles. The van der Waals surface area contributed by atoms with E-state index in [4.69, 9.17) is 16.9 Å². The highest BCUT2D eigenvalue weighted by Gasteiger charge is 2.29. The van der Waals surface area contributed by atoms with Crippen molar-refractivity contribution in [3.8, 4) is 6.07 Å². The average Bonchev–Trinajstić information content (AvgIpc) is 2.17. The average molecular weight is 220 g/mol. The van der Waals surface area contributed by atoms with Gasteiger partial charge in [-0.15, -0.1) is 0 Å². The molecule has 0 saturated heterocycles. The first-order valence-electron chi connectivity index (χ1n) is 5.08. The Balaban J connectivity index is 1.86. The molecule has 2 unspecified atom stereocenters. The van der Waals surface area contributed by atoms with Crippen molar-refractivity contribution in [3.05, 3.63) is 34.9 Å². The summed E-state index contributed by atoms with van der Waals surface area (Å²) in [5.41, 5.74) is 1.14. The van der Waals surface area contributed by atoms with Crippen LogP contribution in [0.1, 0.15) is 18.4 Å². The topological polar surface area (TPSA) is 35.8 Å². The van der Waals surface area contributed by atoms with Crippen LogP contribution in [0, 0.1) is 23.3 Å². The van der Waals surface area contributed by atoms with Crippen LogP contribution < -0.4 is 5.32 Å². The number of halogens is 1. The fourth-order valence-electron chi connectivity index (χ4n) is 1.74. The minimum absolute atomic E-state index is 0.191. The Labute approximate surface area is 94.9 Å². The van der Waals surface area contributed by atoms with Gasteiger partial charge in [-0.25, -0.2) is 0 Å². The summed E-state index contributed by atoms with van der Waals surface area (Å²) < 4.78 is 0. The van der Waals surface area contributed by atoms with Crippen LogP contribution in [0.2, 0.25) is 5.02 Å². The summed E-state index contributed by atoms with van der Waals surface area (Å²) in [6.07, 6.45) is 2.13. The molecule has 0 bridgehead atoms. The van der Waals surface area contributed by atoms with E-state index in [0.717, 1.165) is 24.9 Å². The molecular formula is C12H12ClN2. The Hall–Kier alpha value is -1.04. The first-order valence-corrected chi connectivity index (χ1v) is 5.46. The van der Waals surface area contributed by atoms with Gasteiger partial charge >= 0.3 is 0 Å². The Morgan fingerprint density at radius 3 is 3.07 bits per heavy atom. The lowest BCUT2D eigenvalue weighted by molar-refractivity contribution is 0.264. The number of hydrogen-bond acceptors (Lipinski definition) is 2. The summed E-state index contributed by atoms with van der Waals surface area (Å²) >= 11 is 5.83. The zero-order chi connectivity index (χ0) is 10.7. The van der Waals surface area contributed by atoms with Crippen LogP contribution in [-0.2, 0) is 6.54 Å². The molecule has 1 radical (unpaired) electrons. The van der Waals surface area contributed by atoms with Crippen LogP contribution in [0.25, 0.3) is 0 Å². The maximum atomic E-state index is 8.78. The second-order valence-electron chi connectivity index (χ2n) is 3.85. The fourth-order valence-corrected chi connectivity index (χ4v) is 1.94. The van der Waals surface area contributed by atoms with E-state index in [9.17, 15) is 0 Å². The maximum absolute atomic E-state index is 8.78. The minimum atomic E-state index is 0.191. The molecule has 0 amide bonds. The molecule has 1 aromatic rings. The van der Waals surface area contributed by atoms with Gasteiger partial charge in [0.15, 0.2) is 0 Å². The van der Waals surface area contributed by atoms with Gasteiger partial charge in [0.05, 0.1) is 12.0 Å². The largest absolute Gasteiger partial charge is 0.309 e. The van der Waals surface area contributed by atoms with E-state index < -0.39 is 0 Å². The molecule has 77 valence electrons. The van der Waals surface area contributed by atoms with Crippen LogP contribution in [-0.4, -0.2) is 6.04 Å². The van der Waals surface area contributed by atoms with Gasteiger partial charge < -0.3 is 5.32 Å². The van der Waals surface area contributed by atoms with Crippen LogP contribution in [0.4, 0.5) is 0 Å². The number of nitrogens with one attached hydrogen (secondary N) is 1. The van der Waals surface area contributed by atoms with Crippen LogP contribution in [0.15, 0.2) is 18.2 Å². The van der Waals surface area contributed by atoms with E-state index in [-0.39, 0.29) is 5.92 Å². The summed E-state index contributed by atoms with van der Waals surface area (Å²) in [6.45, 7) is 0.775. The first kappa shape index (κ1) is 10.5. The van der Waals surface area contributed by atoms with Crippen LogP contribution >= 0.6 is 11.6 Å². The Bertz CT molecular complexity index is 383. The molecule has 0 aromatic heterocycles. The van der Waals surface area contributed by atoms with E-state index in [1.807, 2.05) is 18.2 Å².